The SMILES string of the molecule is Cc1ncsc1-c1ccc([C@H](C)NC(=O)[C@@H]2C[C@@H](O)CN2C(=O)[C@@H](NC(=O)COCCOc2cccc(NC(=O)C[C@@H]3N=C(c4ccc(Cl)cc4)c4c(sc(C)c4C)-n4c(C)nnc43)c2)C(C)(C)C)cc1. The Labute approximate surface area is 425 Å². The van der Waals surface area contributed by atoms with Crippen molar-refractivity contribution in [2.75, 3.05) is 31.7 Å². The Balaban J connectivity index is 0.831. The lowest BCUT2D eigenvalue weighted by Gasteiger charge is -2.35. The molecule has 1 saturated heterocycles. The number of β-amino-alcohol motifs (C(OH)–C–C–N with tert-alkyl or cyclic N) is 1. The summed E-state index contributed by atoms with van der Waals surface area (Å²) in [4.78, 5) is 68.0. The van der Waals surface area contributed by atoms with Gasteiger partial charge >= 0.3 is 0 Å². The van der Waals surface area contributed by atoms with E-state index in [0.29, 0.717) is 28.1 Å². The standard InChI is InChI=1S/C52H58ClN9O7S2/c1-28-31(4)71-51-44(28)45(34-16-18-36(53)19-17-34)57-40(48-60-59-32(5)62(48)51)24-42(64)56-37-10-9-11-39(22-37)69-21-20-68-26-43(65)58-47(52(6,7)8)50(67)61-25-38(63)23-41(61)49(66)55-29(2)33-12-14-35(15-13-33)46-30(3)54-27-70-46/h9-19,22,27,29,38,40-41,47,63H,20-21,23-26H2,1-8H3,(H,55,66)(H,56,64)(H,58,65)/t29-,38+,40-,41-,47+/m0/s1. The fourth-order valence-corrected chi connectivity index (χ4v) is 10.9. The molecule has 3 aromatic carbocycles. The molecule has 1 fully saturated rings. The smallest absolute Gasteiger partial charge is 0.246 e. The Hall–Kier alpha value is -6.31. The predicted molar refractivity (Wildman–Crippen MR) is 276 cm³/mol. The Bertz CT molecular complexity index is 2960. The number of anilines is 1. The number of nitrogens with one attached hydrogen (secondary N) is 3. The van der Waals surface area contributed by atoms with E-state index in [2.05, 4.69) is 45.0 Å². The summed E-state index contributed by atoms with van der Waals surface area (Å²) in [5.41, 5.74) is 8.15. The molecule has 0 unspecified atom stereocenters. The third kappa shape index (κ3) is 11.6. The number of ether oxygens (including phenoxy) is 2. The number of hydrogen-bond acceptors (Lipinski definition) is 13. The number of aromatic nitrogens is 4. The molecule has 4 amide bonds. The number of benzene rings is 3. The fraction of sp³-hybridized carbons (Fsp3) is 0.385. The topological polar surface area (TPSA) is 202 Å². The molecule has 16 nitrogen and oxygen atoms in total. The minimum atomic E-state index is -1.02. The average Bonchev–Trinajstić information content (AvgIpc) is 4.10. The van der Waals surface area contributed by atoms with Crippen LogP contribution in [-0.4, -0.2) is 104 Å². The normalized spacial score (nSPS) is 17.4. The Morgan fingerprint density at radius 2 is 1.66 bits per heavy atom. The average molecular weight is 1020 g/mol. The molecule has 4 N–H and O–H groups in total. The Morgan fingerprint density at radius 3 is 2.37 bits per heavy atom. The van der Waals surface area contributed by atoms with Crippen LogP contribution in [0.3, 0.4) is 0 Å². The van der Waals surface area contributed by atoms with Crippen molar-refractivity contribution in [1.82, 2.24) is 35.3 Å². The molecule has 2 aliphatic rings. The van der Waals surface area contributed by atoms with Gasteiger partial charge < -0.3 is 35.4 Å². The van der Waals surface area contributed by atoms with E-state index in [1.165, 1.54) is 4.90 Å². The van der Waals surface area contributed by atoms with Crippen LogP contribution in [0.4, 0.5) is 5.69 Å². The summed E-state index contributed by atoms with van der Waals surface area (Å²) in [5.74, 6) is 0.0639. The lowest BCUT2D eigenvalue weighted by Crippen LogP contribution is -2.58. The number of hydrogen-bond donors (Lipinski definition) is 4. The number of carbonyl (C=O) groups is 4. The van der Waals surface area contributed by atoms with Gasteiger partial charge in [0.2, 0.25) is 23.6 Å². The number of aliphatic imine (C=N–C) groups is 1. The van der Waals surface area contributed by atoms with Gasteiger partial charge in [-0.2, -0.15) is 0 Å². The number of likely N-dealkylation sites (tertiary alicyclic amines) is 1. The molecule has 3 aromatic heterocycles. The zero-order valence-corrected chi connectivity index (χ0v) is 43.3. The second-order valence-corrected chi connectivity index (χ2v) is 21.5. The summed E-state index contributed by atoms with van der Waals surface area (Å²) in [7, 11) is 0. The van der Waals surface area contributed by atoms with Crippen LogP contribution in [-0.2, 0) is 23.9 Å². The van der Waals surface area contributed by atoms with Gasteiger partial charge in [-0.25, -0.2) is 4.98 Å². The first kappa shape index (κ1) is 51.1. The number of aliphatic hydroxyl groups is 1. The van der Waals surface area contributed by atoms with Crippen LogP contribution < -0.4 is 20.7 Å². The highest BCUT2D eigenvalue weighted by Gasteiger charge is 2.45. The molecule has 6 aromatic rings. The lowest BCUT2D eigenvalue weighted by atomic mass is 9.85. The molecule has 0 radical (unpaired) electrons. The van der Waals surface area contributed by atoms with Gasteiger partial charge in [0.1, 0.15) is 47.9 Å². The van der Waals surface area contributed by atoms with Crippen molar-refractivity contribution in [3.8, 4) is 21.2 Å². The molecule has 5 atom stereocenters. The number of halogens is 1. The maximum absolute atomic E-state index is 14.2. The summed E-state index contributed by atoms with van der Waals surface area (Å²) >= 11 is 9.47. The molecular formula is C52H58ClN9O7S2. The molecule has 71 heavy (non-hydrogen) atoms. The fourth-order valence-electron chi connectivity index (χ4n) is 8.79. The first-order chi connectivity index (χ1) is 33.9. The third-order valence-electron chi connectivity index (χ3n) is 12.6. The Kier molecular flexibility index (Phi) is 15.5. The summed E-state index contributed by atoms with van der Waals surface area (Å²) < 4.78 is 13.6. The highest BCUT2D eigenvalue weighted by molar-refractivity contribution is 7.15. The van der Waals surface area contributed by atoms with Crippen LogP contribution >= 0.6 is 34.3 Å². The van der Waals surface area contributed by atoms with Gasteiger partial charge in [0.05, 0.1) is 47.0 Å². The zero-order chi connectivity index (χ0) is 50.7. The number of aliphatic hydroxyl groups excluding tert-OH is 1. The number of nitrogens with zero attached hydrogens (tertiary/aromatic N) is 6. The van der Waals surface area contributed by atoms with Crippen LogP contribution in [0.5, 0.6) is 5.75 Å². The lowest BCUT2D eigenvalue weighted by molar-refractivity contribution is -0.144. The minimum absolute atomic E-state index is 0.00903. The number of rotatable bonds is 16. The molecule has 19 heteroatoms. The molecule has 2 aliphatic heterocycles. The summed E-state index contributed by atoms with van der Waals surface area (Å²) in [6.45, 7) is 15.1. The van der Waals surface area contributed by atoms with Gasteiger partial charge in [-0.05, 0) is 81.0 Å². The number of carbonyl (C=O) groups excluding carboxylic acids is 4. The second-order valence-electron chi connectivity index (χ2n) is 19.0. The summed E-state index contributed by atoms with van der Waals surface area (Å²) in [6, 6.07) is 19.4. The van der Waals surface area contributed by atoms with Gasteiger partial charge in [0.15, 0.2) is 5.82 Å². The number of thiophene rings is 1. The van der Waals surface area contributed by atoms with E-state index in [1.807, 2.05) is 100 Å². The third-order valence-corrected chi connectivity index (χ3v) is 15.1. The maximum atomic E-state index is 14.2. The van der Waals surface area contributed by atoms with Crippen molar-refractivity contribution < 1.29 is 33.8 Å². The maximum Gasteiger partial charge on any atom is 0.246 e. The molecule has 0 bridgehead atoms. The van der Waals surface area contributed by atoms with Gasteiger partial charge in [-0.3, -0.25) is 28.7 Å². The quantitative estimate of drug-likeness (QED) is 0.0688. The molecule has 5 heterocycles. The van der Waals surface area contributed by atoms with Crippen molar-refractivity contribution in [1.29, 1.82) is 0 Å². The van der Waals surface area contributed by atoms with E-state index in [0.717, 1.165) is 54.0 Å². The van der Waals surface area contributed by atoms with Crippen molar-refractivity contribution in [2.24, 2.45) is 10.4 Å². The highest BCUT2D eigenvalue weighted by atomic mass is 35.5. The van der Waals surface area contributed by atoms with Crippen molar-refractivity contribution in [3.05, 3.63) is 128 Å². The van der Waals surface area contributed by atoms with E-state index in [1.54, 1.807) is 46.9 Å². The number of thiazole rings is 1. The number of amides is 4. The molecule has 0 spiro atoms. The van der Waals surface area contributed by atoms with Crippen LogP contribution in [0.15, 0.2) is 83.3 Å². The van der Waals surface area contributed by atoms with Crippen molar-refractivity contribution in [3.63, 3.8) is 0 Å². The van der Waals surface area contributed by atoms with E-state index < -0.39 is 47.4 Å². The second kappa shape index (κ2) is 21.6. The van der Waals surface area contributed by atoms with E-state index in [-0.39, 0.29) is 51.2 Å². The van der Waals surface area contributed by atoms with E-state index in [4.69, 9.17) is 26.1 Å². The summed E-state index contributed by atoms with van der Waals surface area (Å²) in [5, 5.41) is 30.0. The minimum Gasteiger partial charge on any atom is -0.491 e. The summed E-state index contributed by atoms with van der Waals surface area (Å²) in [6.07, 6.45) is -0.845. The van der Waals surface area contributed by atoms with Crippen molar-refractivity contribution in [2.45, 2.75) is 98.5 Å². The van der Waals surface area contributed by atoms with Gasteiger partial charge in [0.25, 0.3) is 0 Å². The number of aryl methyl sites for hydroxylation is 3. The molecule has 0 aliphatic carbocycles. The van der Waals surface area contributed by atoms with Gasteiger partial charge in [0, 0.05) is 45.7 Å². The monoisotopic (exact) mass is 1020 g/mol. The highest BCUT2D eigenvalue weighted by Crippen LogP contribution is 2.40. The molecular weight excluding hydrogens is 962 g/mol. The zero-order valence-electron chi connectivity index (χ0n) is 40.9. The van der Waals surface area contributed by atoms with Crippen LogP contribution in [0, 0.1) is 33.1 Å². The van der Waals surface area contributed by atoms with E-state index >= 15 is 0 Å². The molecule has 8 rings (SSSR count). The van der Waals surface area contributed by atoms with Gasteiger partial charge in [-0.15, -0.1) is 32.9 Å². The van der Waals surface area contributed by atoms with Crippen LogP contribution in [0.1, 0.15) is 97.1 Å². The largest absolute Gasteiger partial charge is 0.491 e. The van der Waals surface area contributed by atoms with Gasteiger partial charge in [-0.1, -0.05) is 74.8 Å². The Morgan fingerprint density at radius 1 is 0.930 bits per heavy atom. The molecule has 0 saturated carbocycles. The van der Waals surface area contributed by atoms with Crippen molar-refractivity contribution >= 4 is 69.3 Å². The first-order valence-corrected chi connectivity index (χ1v) is 25.5. The van der Waals surface area contributed by atoms with Crippen LogP contribution in [0.25, 0.3) is 15.4 Å². The van der Waals surface area contributed by atoms with E-state index in [9.17, 15) is 24.3 Å². The predicted octanol–water partition coefficient (Wildman–Crippen LogP) is 8.03. The number of fused-ring (bicyclic) bond motifs is 3. The van der Waals surface area contributed by atoms with Crippen LogP contribution in [0.2, 0.25) is 5.02 Å². The molecule has 372 valence electrons. The first-order valence-electron chi connectivity index (χ1n) is 23.4.